The molecule has 150 heavy (non-hydrogen) atoms. The molecule has 0 unspecified atom stereocenters. The highest BCUT2D eigenvalue weighted by atomic mass is 32.1. The second kappa shape index (κ2) is 47.7. The number of imidazole rings is 5. The molecule has 56 heteroatoms. The van der Waals surface area contributed by atoms with Crippen molar-refractivity contribution in [3.05, 3.63) is 112 Å². The highest BCUT2D eigenvalue weighted by Gasteiger charge is 2.51. The number of aliphatic hydroxyl groups excluding tert-OH is 12. The number of ether oxygens (including phenoxy) is 6. The van der Waals surface area contributed by atoms with Gasteiger partial charge in [-0.1, -0.05) is 31.9 Å². The molecular formula is C94H150N26O22P6S2. The summed E-state index contributed by atoms with van der Waals surface area (Å²) in [6.45, 7) is 25.0. The van der Waals surface area contributed by atoms with E-state index in [1.807, 2.05) is 13.0 Å². The van der Waals surface area contributed by atoms with Gasteiger partial charge in [-0.2, -0.15) is 9.97 Å². The fourth-order valence-electron chi connectivity index (χ4n) is 17.9. The van der Waals surface area contributed by atoms with Gasteiger partial charge in [0.25, 0.3) is 22.2 Å². The summed E-state index contributed by atoms with van der Waals surface area (Å²) < 4.78 is 47.2. The van der Waals surface area contributed by atoms with E-state index in [0.29, 0.717) is 99.5 Å². The average Bonchev–Trinajstić information content (AvgIpc) is 1.64. The minimum atomic E-state index is -1.28. The van der Waals surface area contributed by atoms with Crippen LogP contribution in [0.3, 0.4) is 0 Å². The Hall–Kier alpha value is -8.51. The number of fused-ring (bicyclic) bond motifs is 6. The molecule has 18 heterocycles. The number of nitrogens with one attached hydrogen (secondary N) is 6. The number of nitrogen functional groups attached to an aromatic ring is 1. The third kappa shape index (κ3) is 27.8. The lowest BCUT2D eigenvalue weighted by atomic mass is 10.1. The third-order valence-corrected chi connectivity index (χ3v) is 35.7. The minimum Gasteiger partial charge on any atom is -0.388 e. The van der Waals surface area contributed by atoms with E-state index in [2.05, 4.69) is 203 Å². The zero-order valence-electron chi connectivity index (χ0n) is 87.6. The predicted molar refractivity (Wildman–Crippen MR) is 607 cm³/mol. The molecule has 6 saturated heterocycles. The highest BCUT2D eigenvalue weighted by Crippen LogP contribution is 2.48. The SMILES string of the molecule is C.C=P(C)(C)CC[C@H]1O[C@@H](n2c(N)nc3c(=O)[nH]c(C)nc32)[C@H](O)[C@@H]1O.C=P(C)(C)CC[C@H]1O[C@@H](n2ccc3c(=S)nc(C)[nH]c32)[C@H](O)[C@@H]1O.C=P(C)(C)CC[C@H]1O[C@@H](n2cnc3c(=O)[nH]c(N(C)C)nc32)[C@H](O)[C@@H]1O.C=P(C)(C)CC[C@H]1O[C@@H](n2cnc3c(=O)[nH]c(NC)nc32)[C@H](O)[C@@H]1O.C=P(C)(C)CC[C@H]1O[C@@H](n2cnc3c(=O)n(C)c(C)nc32)[C@H](O)[C@@H]1O.C=P(C)(C)CC[C@H]1O[C@@H](n2cnc3c(=S)nc(C)[nH]c32)[C@H](O)[C@@H]1O. The van der Waals surface area contributed by atoms with E-state index in [1.54, 1.807) is 75.5 Å². The molecule has 12 aromatic rings. The second-order valence-corrected chi connectivity index (χ2v) is 69.8. The molecule has 20 N–H and O–H groups in total. The lowest BCUT2D eigenvalue weighted by Crippen LogP contribution is -2.32. The molecule has 12 aromatic heterocycles. The van der Waals surface area contributed by atoms with E-state index in [0.717, 1.165) is 48.0 Å². The highest BCUT2D eigenvalue weighted by molar-refractivity contribution is 7.74. The molecule has 48 nitrogen and oxygen atoms in total. The Bertz CT molecular complexity index is 7410. The van der Waals surface area contributed by atoms with Gasteiger partial charge in [-0.15, -0.1) is 79.1 Å². The smallest absolute Gasteiger partial charge is 0.281 e. The van der Waals surface area contributed by atoms with Gasteiger partial charge in [-0.05, 0) is 189 Å². The van der Waals surface area contributed by atoms with Gasteiger partial charge in [0, 0.05) is 34.4 Å². The first-order valence-electron chi connectivity index (χ1n) is 48.4. The maximum absolute atomic E-state index is 12.3. The number of nitrogens with zero attached hydrogens (tertiary/aromatic N) is 19. The van der Waals surface area contributed by atoms with Crippen LogP contribution < -0.4 is 38.2 Å². The number of aryl methyl sites for hydroxylation is 4. The molecular weight excluding hydrogens is 2100 g/mol. The van der Waals surface area contributed by atoms with Crippen LogP contribution in [0, 0.1) is 37.0 Å². The van der Waals surface area contributed by atoms with E-state index in [1.165, 1.54) is 41.8 Å². The molecule has 18 rings (SSSR count). The molecule has 6 aliphatic rings. The van der Waals surface area contributed by atoms with Crippen molar-refractivity contribution in [1.82, 2.24) is 112 Å². The zero-order chi connectivity index (χ0) is 110. The van der Waals surface area contributed by atoms with Crippen LogP contribution in [0.4, 0.5) is 17.8 Å². The number of H-pyrrole nitrogens is 5. The van der Waals surface area contributed by atoms with E-state index in [4.69, 9.17) is 58.6 Å². The third-order valence-electron chi connectivity index (χ3n) is 26.3. The van der Waals surface area contributed by atoms with Crippen LogP contribution in [0.1, 0.15) is 107 Å². The van der Waals surface area contributed by atoms with Crippen molar-refractivity contribution >= 4 is 188 Å². The fraction of sp³-hybridized carbons (Fsp3) is 0.606. The summed E-state index contributed by atoms with van der Waals surface area (Å²) in [6.07, 6.45) is 21.4. The summed E-state index contributed by atoms with van der Waals surface area (Å²) in [7, 11) is 6.78. The number of aromatic amines is 5. The van der Waals surface area contributed by atoms with Gasteiger partial charge in [-0.3, -0.25) is 56.5 Å². The summed E-state index contributed by atoms with van der Waals surface area (Å²) in [6, 6.07) is 1.85. The van der Waals surface area contributed by atoms with E-state index in [-0.39, 0.29) is 69.4 Å². The zero-order valence-corrected chi connectivity index (χ0v) is 94.6. The number of aliphatic hydroxyl groups is 12. The fourth-order valence-corrected chi connectivity index (χ4v) is 24.2. The molecule has 0 amide bonds. The van der Waals surface area contributed by atoms with Gasteiger partial charge in [0.15, 0.2) is 86.7 Å². The number of rotatable bonds is 26. The molecule has 0 aliphatic carbocycles. The minimum absolute atomic E-state index is 0. The Morgan fingerprint density at radius 1 is 0.387 bits per heavy atom. The van der Waals surface area contributed by atoms with Crippen LogP contribution >= 0.6 is 65.8 Å². The Kier molecular flexibility index (Phi) is 38.2. The van der Waals surface area contributed by atoms with Crippen molar-refractivity contribution in [2.24, 2.45) is 7.05 Å². The van der Waals surface area contributed by atoms with Gasteiger partial charge in [-0.25, -0.2) is 44.9 Å². The van der Waals surface area contributed by atoms with Crippen molar-refractivity contribution < 1.29 is 89.7 Å². The van der Waals surface area contributed by atoms with Crippen molar-refractivity contribution in [2.45, 2.75) is 221 Å². The molecule has 0 aromatic carbocycles. The first-order chi connectivity index (χ1) is 69.3. The molecule has 6 aliphatic heterocycles. The van der Waals surface area contributed by atoms with Gasteiger partial charge >= 0.3 is 0 Å². The van der Waals surface area contributed by atoms with E-state index in [9.17, 15) is 80.5 Å². The largest absolute Gasteiger partial charge is 0.388 e. The van der Waals surface area contributed by atoms with Crippen molar-refractivity contribution in [3.63, 3.8) is 0 Å². The maximum Gasteiger partial charge on any atom is 0.281 e. The summed E-state index contributed by atoms with van der Waals surface area (Å²) in [5.74, 6) is 2.94. The quantitative estimate of drug-likeness (QED) is 0.0270. The number of hydrogen-bond acceptors (Lipinski definition) is 38. The van der Waals surface area contributed by atoms with Gasteiger partial charge < -0.3 is 125 Å². The van der Waals surface area contributed by atoms with Crippen molar-refractivity contribution in [2.75, 3.05) is 154 Å². The molecule has 0 spiro atoms. The second-order valence-electron chi connectivity index (χ2n) is 43.2. The Morgan fingerprint density at radius 3 is 1.10 bits per heavy atom. The lowest BCUT2D eigenvalue weighted by Gasteiger charge is -2.19. The monoisotopic (exact) mass is 2240 g/mol. The maximum atomic E-state index is 12.3. The first-order valence-corrected chi connectivity index (χ1v) is 67.5. The summed E-state index contributed by atoms with van der Waals surface area (Å²) >= 11 is 10.5. The molecule has 0 saturated carbocycles. The Morgan fingerprint density at radius 2 is 0.707 bits per heavy atom. The summed E-state index contributed by atoms with van der Waals surface area (Å²) in [4.78, 5) is 111. The molecule has 0 radical (unpaired) electrons. The lowest BCUT2D eigenvalue weighted by molar-refractivity contribution is -0.0353. The molecule has 6 fully saturated rings. The van der Waals surface area contributed by atoms with Crippen molar-refractivity contribution in [3.8, 4) is 0 Å². The van der Waals surface area contributed by atoms with Crippen LogP contribution in [0.15, 0.2) is 56.8 Å². The number of nitrogens with two attached hydrogens (primary N) is 1. The van der Waals surface area contributed by atoms with E-state index < -0.39 is 194 Å². The topological polar surface area (TPSA) is 663 Å². The Balaban J connectivity index is 0.000000159. The van der Waals surface area contributed by atoms with Crippen LogP contribution in [-0.4, -0.2) is 459 Å². The van der Waals surface area contributed by atoms with Crippen LogP contribution in [0.2, 0.25) is 0 Å². The van der Waals surface area contributed by atoms with Gasteiger partial charge in [0.1, 0.15) is 118 Å². The normalized spacial score (nSPS) is 27.1. The van der Waals surface area contributed by atoms with Crippen molar-refractivity contribution in [1.29, 1.82) is 0 Å². The summed E-state index contributed by atoms with van der Waals surface area (Å²) in [5.41, 5.74) is 8.19. The Labute approximate surface area is 878 Å². The van der Waals surface area contributed by atoms with E-state index >= 15 is 0 Å². The standard InChI is InChI=1S/C16H26N5O4P.C16H25N4O4P.C16H24N3O3PS.2C15H24N5O4P.C15H23N4O3PS.CH4/c1-20(2)16-18-13-10(14(24)19-16)17-8-21(13)15-12(23)11(22)9(25-15)6-7-26(3,4)5;1-9-18-14-11(15(23)19(9)2)17-8-20(14)16-13(22)12(21)10(24-16)6-7-25(3,4)5;1-9-17-14-10(15(24)18-9)5-7-19(14)16-13(21)12(20)11(22-16)6-8-23(2,3)4;1-16-15-18-12-9(13(23)19-15)17-7-20(12)14-11(22)10(21)8(24-14)5-6-25(2,3)4;1-7-17-12-9(13(23)18-7)19-15(16)20(12)14-11(22)10(21)8(24-14)5-6-25(2,3)4;1-8-17-13-10(14(24)18-8)16-7-19(13)15-12(21)11(20)9(22-15)5-6-23(2,3)4;/h8-9,11-12,15,22-23H,3,6-7H2,1-2,4-5H3,(H,18,19,24);8,10,12-13,16,21-22H,3,6-7H2,1-2,4-5H3;5,7,11-13,16,20-21H,2,6,8H2,1,3-4H3,(H,17,18,24);7-8,10-11,14,21-22H,2,5-6H2,1,3-4H3,(H2,16,18,19,23);8,10-11,14,21-22H,2,5-6H2,1,3-4H3,(H2,16,19)(H,17,18,23);7,9,11-12,15,20-21H,2,5-6H2,1,3-4H3,(H,17,18,24);1H4/t9-,11-,12-,15-;10-,12-,13-,16-;11-,12-,13-,16-;2*8-,10-,11-,14-;9-,11-,12-,15-;/m111111./s1. The molecule has 830 valence electrons. The molecule has 24 atom stereocenters. The number of aromatic nitrogens is 23. The molecule has 0 bridgehead atoms. The summed E-state index contributed by atoms with van der Waals surface area (Å²) in [5, 5.41) is 128. The first kappa shape index (κ1) is 120. The predicted octanol–water partition coefficient (Wildman–Crippen LogP) is 3.94. The van der Waals surface area contributed by atoms with Crippen LogP contribution in [-0.2, 0) is 35.5 Å². The van der Waals surface area contributed by atoms with Gasteiger partial charge in [0.2, 0.25) is 17.8 Å². The van der Waals surface area contributed by atoms with Gasteiger partial charge in [0.05, 0.1) is 67.3 Å². The number of hydrogen-bond donors (Lipinski definition) is 19. The van der Waals surface area contributed by atoms with Crippen LogP contribution in [0.5, 0.6) is 0 Å². The average molecular weight is 2250 g/mol. The number of anilines is 3. The van der Waals surface area contributed by atoms with Crippen LogP contribution in [0.25, 0.3) is 66.9 Å².